The van der Waals surface area contributed by atoms with Crippen LogP contribution in [-0.4, -0.2) is 17.5 Å². The lowest BCUT2D eigenvalue weighted by Crippen LogP contribution is -2.15. The molecule has 0 aromatic carbocycles. The summed E-state index contributed by atoms with van der Waals surface area (Å²) in [5.41, 5.74) is 2.62. The third-order valence-electron chi connectivity index (χ3n) is 3.35. The Labute approximate surface area is 97.1 Å². The zero-order chi connectivity index (χ0) is 11.5. The highest BCUT2D eigenvalue weighted by Gasteiger charge is 2.16. The predicted molar refractivity (Wildman–Crippen MR) is 66.8 cm³/mol. The first-order valence-electron chi connectivity index (χ1n) is 6.16. The van der Waals surface area contributed by atoms with E-state index in [4.69, 9.17) is 4.99 Å². The molecule has 1 fully saturated rings. The van der Waals surface area contributed by atoms with Gasteiger partial charge < -0.3 is 0 Å². The monoisotopic (exact) mass is 217 g/mol. The van der Waals surface area contributed by atoms with Crippen molar-refractivity contribution >= 4 is 11.5 Å². The molecule has 0 aliphatic heterocycles. The number of nitrogens with zero attached hydrogens (tertiary/aromatic N) is 1. The first kappa shape index (κ1) is 11.3. The molecule has 0 amide bonds. The summed E-state index contributed by atoms with van der Waals surface area (Å²) in [6.45, 7) is 3.74. The van der Waals surface area contributed by atoms with Crippen molar-refractivity contribution in [1.29, 1.82) is 0 Å². The molecule has 16 heavy (non-hydrogen) atoms. The van der Waals surface area contributed by atoms with E-state index in [0.29, 0.717) is 6.04 Å². The van der Waals surface area contributed by atoms with Crippen LogP contribution in [-0.2, 0) is 4.79 Å². The van der Waals surface area contributed by atoms with E-state index in [0.717, 1.165) is 16.9 Å². The van der Waals surface area contributed by atoms with E-state index >= 15 is 0 Å². The van der Waals surface area contributed by atoms with Gasteiger partial charge in [-0.05, 0) is 50.0 Å². The third-order valence-corrected chi connectivity index (χ3v) is 3.35. The smallest absolute Gasteiger partial charge is 0.184 e. The Hall–Kier alpha value is -1.18. The Morgan fingerprint density at radius 3 is 2.19 bits per heavy atom. The van der Waals surface area contributed by atoms with E-state index in [-0.39, 0.29) is 5.78 Å². The average molecular weight is 217 g/mol. The highest BCUT2D eigenvalue weighted by Crippen LogP contribution is 2.22. The first-order valence-corrected chi connectivity index (χ1v) is 6.16. The fourth-order valence-corrected chi connectivity index (χ4v) is 2.42. The highest BCUT2D eigenvalue weighted by molar-refractivity contribution is 6.21. The Morgan fingerprint density at radius 2 is 1.62 bits per heavy atom. The minimum absolute atomic E-state index is 0.155. The lowest BCUT2D eigenvalue weighted by Gasteiger charge is -2.19. The number of rotatable bonds is 1. The molecule has 0 aromatic heterocycles. The highest BCUT2D eigenvalue weighted by atomic mass is 16.1. The van der Waals surface area contributed by atoms with Crippen molar-refractivity contribution in [2.75, 3.05) is 0 Å². The first-order chi connectivity index (χ1) is 7.66. The van der Waals surface area contributed by atoms with Gasteiger partial charge in [0, 0.05) is 0 Å². The van der Waals surface area contributed by atoms with E-state index in [1.54, 1.807) is 0 Å². The van der Waals surface area contributed by atoms with Crippen molar-refractivity contribution < 1.29 is 4.79 Å². The van der Waals surface area contributed by atoms with E-state index < -0.39 is 0 Å². The molecule has 2 nitrogen and oxygen atoms in total. The van der Waals surface area contributed by atoms with E-state index in [9.17, 15) is 4.79 Å². The maximum absolute atomic E-state index is 11.6. The molecule has 0 radical (unpaired) electrons. The summed E-state index contributed by atoms with van der Waals surface area (Å²) in [5, 5.41) is 0. The lowest BCUT2D eigenvalue weighted by atomic mass is 9.94. The van der Waals surface area contributed by atoms with E-state index in [2.05, 4.69) is 0 Å². The SMILES string of the molecule is CC1=CC(=NC2CCCCC2)C=C(C)C1=O. The number of carbonyl (C=O) groups is 1. The summed E-state index contributed by atoms with van der Waals surface area (Å²) in [7, 11) is 0. The lowest BCUT2D eigenvalue weighted by molar-refractivity contribution is -0.112. The summed E-state index contributed by atoms with van der Waals surface area (Å²) in [6, 6.07) is 0.477. The van der Waals surface area contributed by atoms with Crippen LogP contribution in [0.2, 0.25) is 0 Å². The third kappa shape index (κ3) is 2.49. The van der Waals surface area contributed by atoms with Crippen molar-refractivity contribution in [3.05, 3.63) is 23.3 Å². The van der Waals surface area contributed by atoms with Crippen LogP contribution in [0, 0.1) is 0 Å². The molecule has 2 aliphatic rings. The topological polar surface area (TPSA) is 29.4 Å². The second-order valence-corrected chi connectivity index (χ2v) is 4.83. The van der Waals surface area contributed by atoms with Gasteiger partial charge in [-0.15, -0.1) is 0 Å². The summed E-state index contributed by atoms with van der Waals surface area (Å²) < 4.78 is 0. The Kier molecular flexibility index (Phi) is 3.37. The largest absolute Gasteiger partial charge is 0.289 e. The molecule has 86 valence electrons. The maximum Gasteiger partial charge on any atom is 0.184 e. The van der Waals surface area contributed by atoms with Gasteiger partial charge in [-0.2, -0.15) is 0 Å². The number of aliphatic imine (C=N–C) groups is 1. The number of allylic oxidation sites excluding steroid dienone is 4. The van der Waals surface area contributed by atoms with Crippen molar-refractivity contribution in [3.63, 3.8) is 0 Å². The second-order valence-electron chi connectivity index (χ2n) is 4.83. The predicted octanol–water partition coefficient (Wildman–Crippen LogP) is 3.24. The molecule has 0 heterocycles. The van der Waals surface area contributed by atoms with Crippen LogP contribution in [0.3, 0.4) is 0 Å². The van der Waals surface area contributed by atoms with Crippen molar-refractivity contribution in [1.82, 2.24) is 0 Å². The number of Topliss-reactive ketones (excluding diaryl/α,β-unsaturated/α-hetero) is 1. The van der Waals surface area contributed by atoms with Crippen LogP contribution in [0.1, 0.15) is 46.0 Å². The minimum Gasteiger partial charge on any atom is -0.289 e. The van der Waals surface area contributed by atoms with Gasteiger partial charge in [-0.25, -0.2) is 0 Å². The van der Waals surface area contributed by atoms with E-state index in [1.807, 2.05) is 26.0 Å². The van der Waals surface area contributed by atoms with Crippen LogP contribution >= 0.6 is 0 Å². The summed E-state index contributed by atoms with van der Waals surface area (Å²) in [4.78, 5) is 16.3. The fraction of sp³-hybridized carbons (Fsp3) is 0.571. The molecule has 0 atom stereocenters. The van der Waals surface area contributed by atoms with Crippen LogP contribution in [0.25, 0.3) is 0 Å². The van der Waals surface area contributed by atoms with Gasteiger partial charge >= 0.3 is 0 Å². The molecule has 0 bridgehead atoms. The quantitative estimate of drug-likeness (QED) is 0.620. The van der Waals surface area contributed by atoms with Crippen molar-refractivity contribution in [3.8, 4) is 0 Å². The number of hydrogen-bond donors (Lipinski definition) is 0. The standard InChI is InChI=1S/C14H19NO/c1-10-8-13(9-11(2)14(10)16)15-12-6-4-3-5-7-12/h8-9,12H,3-7H2,1-2H3. The average Bonchev–Trinajstić information content (AvgIpc) is 2.27. The molecular formula is C14H19NO. The Morgan fingerprint density at radius 1 is 1.06 bits per heavy atom. The molecule has 2 rings (SSSR count). The van der Waals surface area contributed by atoms with Crippen molar-refractivity contribution in [2.45, 2.75) is 52.0 Å². The second kappa shape index (κ2) is 4.77. The van der Waals surface area contributed by atoms with Crippen LogP contribution in [0.4, 0.5) is 0 Å². The molecule has 0 N–H and O–H groups in total. The molecule has 2 heteroatoms. The number of hydrogen-bond acceptors (Lipinski definition) is 2. The normalized spacial score (nSPS) is 22.9. The zero-order valence-corrected chi connectivity index (χ0v) is 10.1. The molecule has 0 saturated heterocycles. The Bertz CT molecular complexity index is 358. The number of ketones is 1. The summed E-state index contributed by atoms with van der Waals surface area (Å²) >= 11 is 0. The van der Waals surface area contributed by atoms with Gasteiger partial charge in [-0.3, -0.25) is 9.79 Å². The minimum atomic E-state index is 0.155. The fourth-order valence-electron chi connectivity index (χ4n) is 2.42. The van der Waals surface area contributed by atoms with Crippen LogP contribution < -0.4 is 0 Å². The van der Waals surface area contributed by atoms with Crippen molar-refractivity contribution in [2.24, 2.45) is 4.99 Å². The van der Waals surface area contributed by atoms with E-state index in [1.165, 1.54) is 32.1 Å². The van der Waals surface area contributed by atoms with Gasteiger partial charge in [0.05, 0.1) is 11.8 Å². The summed E-state index contributed by atoms with van der Waals surface area (Å²) in [5.74, 6) is 0.155. The van der Waals surface area contributed by atoms with Gasteiger partial charge in [0.2, 0.25) is 0 Å². The maximum atomic E-state index is 11.6. The van der Waals surface area contributed by atoms with Gasteiger partial charge in [0.15, 0.2) is 5.78 Å². The molecule has 0 unspecified atom stereocenters. The van der Waals surface area contributed by atoms with Gasteiger partial charge in [0.1, 0.15) is 0 Å². The van der Waals surface area contributed by atoms with Gasteiger partial charge in [0.25, 0.3) is 0 Å². The molecule has 0 spiro atoms. The van der Waals surface area contributed by atoms with Gasteiger partial charge in [-0.1, -0.05) is 19.3 Å². The Balaban J connectivity index is 2.15. The molecular weight excluding hydrogens is 198 g/mol. The van der Waals surface area contributed by atoms with Crippen LogP contribution in [0.15, 0.2) is 28.3 Å². The molecule has 0 aromatic rings. The zero-order valence-electron chi connectivity index (χ0n) is 10.1. The molecule has 2 aliphatic carbocycles. The van der Waals surface area contributed by atoms with Crippen LogP contribution in [0.5, 0.6) is 0 Å². The molecule has 1 saturated carbocycles. The number of carbonyl (C=O) groups excluding carboxylic acids is 1. The summed E-state index contributed by atoms with van der Waals surface area (Å²) in [6.07, 6.45) is 10.2.